The van der Waals surface area contributed by atoms with Crippen LogP contribution in [0, 0.1) is 0 Å². The Hall–Kier alpha value is -1.16. The van der Waals surface area contributed by atoms with Gasteiger partial charge in [-0.2, -0.15) is 4.36 Å². The smallest absolute Gasteiger partial charge is 0.440 e. The van der Waals surface area contributed by atoms with E-state index >= 15 is 0 Å². The molecule has 1 aromatic carbocycles. The molecule has 1 unspecified atom stereocenters. The molecule has 1 aromatic rings. The van der Waals surface area contributed by atoms with Crippen LogP contribution in [0.4, 0.5) is 4.79 Å². The Morgan fingerprint density at radius 1 is 1.28 bits per heavy atom. The first-order valence-corrected chi connectivity index (χ1v) is 7.59. The number of carbonyl (C=O) groups is 1. The first-order valence-electron chi connectivity index (χ1n) is 6.07. The summed E-state index contributed by atoms with van der Waals surface area (Å²) in [7, 11) is -0.297. The molecule has 3 nitrogen and oxygen atoms in total. The molecule has 0 radical (unpaired) electrons. The summed E-state index contributed by atoms with van der Waals surface area (Å²) >= 11 is 0. The maximum atomic E-state index is 11.6. The van der Waals surface area contributed by atoms with Gasteiger partial charge in [0.15, 0.2) is 0 Å². The van der Waals surface area contributed by atoms with Gasteiger partial charge < -0.3 is 4.74 Å². The molecule has 0 aliphatic carbocycles. The average Bonchev–Trinajstić information content (AvgIpc) is 2.27. The number of rotatable bonds is 3. The topological polar surface area (TPSA) is 38.7 Å². The van der Waals surface area contributed by atoms with Crippen molar-refractivity contribution in [1.82, 2.24) is 0 Å². The van der Waals surface area contributed by atoms with E-state index in [1.54, 1.807) is 0 Å². The normalized spacial score (nSPS) is 13.3. The molecular formula is C14H21NO2S. The molecule has 0 saturated carbocycles. The van der Waals surface area contributed by atoms with Gasteiger partial charge in [0, 0.05) is 11.5 Å². The summed E-state index contributed by atoms with van der Waals surface area (Å²) in [5.74, 6) is 1.66. The number of carbonyl (C=O) groups excluding carboxylic acids is 1. The van der Waals surface area contributed by atoms with Crippen LogP contribution in [0.2, 0.25) is 0 Å². The van der Waals surface area contributed by atoms with E-state index in [1.165, 1.54) is 5.56 Å². The third kappa shape index (κ3) is 5.96. The maximum absolute atomic E-state index is 11.6. The Morgan fingerprint density at radius 3 is 2.39 bits per heavy atom. The summed E-state index contributed by atoms with van der Waals surface area (Å²) in [4.78, 5) is 11.6. The third-order valence-electron chi connectivity index (χ3n) is 2.11. The second-order valence-corrected chi connectivity index (χ2v) is 6.93. The van der Waals surface area contributed by atoms with Crippen LogP contribution in [0.1, 0.15) is 33.3 Å². The fourth-order valence-electron chi connectivity index (χ4n) is 1.35. The van der Waals surface area contributed by atoms with Crippen molar-refractivity contribution in [3.63, 3.8) is 0 Å². The fraction of sp³-hybridized carbons (Fsp3) is 0.500. The molecule has 0 aromatic heterocycles. The Morgan fingerprint density at radius 2 is 1.89 bits per heavy atom. The van der Waals surface area contributed by atoms with E-state index in [9.17, 15) is 4.79 Å². The molecule has 0 fully saturated rings. The zero-order valence-electron chi connectivity index (χ0n) is 11.5. The number of nitrogens with zero attached hydrogens (tertiary/aromatic N) is 1. The van der Waals surface area contributed by atoms with Gasteiger partial charge in [-0.25, -0.2) is 4.79 Å². The minimum atomic E-state index is -0.476. The van der Waals surface area contributed by atoms with E-state index in [-0.39, 0.29) is 10.7 Å². The lowest BCUT2D eigenvalue weighted by atomic mass is 10.2. The Bertz CT molecular complexity index is 421. The van der Waals surface area contributed by atoms with Crippen molar-refractivity contribution in [2.24, 2.45) is 4.36 Å². The van der Waals surface area contributed by atoms with Crippen molar-refractivity contribution in [2.45, 2.75) is 39.0 Å². The lowest BCUT2D eigenvalue weighted by Crippen LogP contribution is -2.22. The van der Waals surface area contributed by atoms with Gasteiger partial charge in [0.25, 0.3) is 0 Å². The van der Waals surface area contributed by atoms with Crippen molar-refractivity contribution in [3.8, 4) is 0 Å². The zero-order chi connectivity index (χ0) is 13.6. The van der Waals surface area contributed by atoms with E-state index in [0.29, 0.717) is 0 Å². The third-order valence-corrected chi connectivity index (χ3v) is 3.85. The number of ether oxygens (including phenoxy) is 1. The van der Waals surface area contributed by atoms with Crippen molar-refractivity contribution < 1.29 is 9.53 Å². The van der Waals surface area contributed by atoms with E-state index in [1.807, 2.05) is 45.9 Å². The second-order valence-electron chi connectivity index (χ2n) is 4.95. The molecule has 4 heteroatoms. The molecular weight excluding hydrogens is 246 g/mol. The van der Waals surface area contributed by atoms with Crippen LogP contribution < -0.4 is 0 Å². The first-order chi connectivity index (χ1) is 8.40. The molecule has 1 atom stereocenters. The van der Waals surface area contributed by atoms with Crippen molar-refractivity contribution in [2.75, 3.05) is 5.75 Å². The number of benzene rings is 1. The minimum Gasteiger partial charge on any atom is -0.442 e. The van der Waals surface area contributed by atoms with Crippen LogP contribution in [0.3, 0.4) is 0 Å². The highest BCUT2D eigenvalue weighted by molar-refractivity contribution is 7.86. The number of amides is 1. The molecule has 0 aliphatic rings. The standard InChI is InChI=1S/C14H21NO2S/c1-5-18(11-12-9-7-6-8-10-12)15-13(16)17-14(2,3)4/h6-10H,5,11H2,1-4H3. The fourth-order valence-corrected chi connectivity index (χ4v) is 2.57. The van der Waals surface area contributed by atoms with E-state index in [2.05, 4.69) is 16.5 Å². The molecule has 0 N–H and O–H groups in total. The average molecular weight is 267 g/mol. The Balaban J connectivity index is 2.69. The van der Waals surface area contributed by atoms with Gasteiger partial charge in [-0.05, 0) is 26.3 Å². The molecule has 0 saturated heterocycles. The summed E-state index contributed by atoms with van der Waals surface area (Å²) in [6.07, 6.45) is -0.455. The highest BCUT2D eigenvalue weighted by atomic mass is 32.2. The largest absolute Gasteiger partial charge is 0.442 e. The lowest BCUT2D eigenvalue weighted by Gasteiger charge is -2.17. The van der Waals surface area contributed by atoms with Crippen molar-refractivity contribution in [3.05, 3.63) is 35.9 Å². The number of hydrogen-bond acceptors (Lipinski definition) is 2. The lowest BCUT2D eigenvalue weighted by molar-refractivity contribution is 0.0608. The second kappa shape index (κ2) is 6.69. The molecule has 1 amide bonds. The molecule has 18 heavy (non-hydrogen) atoms. The van der Waals surface area contributed by atoms with Gasteiger partial charge in [0.1, 0.15) is 5.60 Å². The molecule has 0 bridgehead atoms. The predicted octanol–water partition coefficient (Wildman–Crippen LogP) is 3.94. The molecule has 1 rings (SSSR count). The summed E-state index contributed by atoms with van der Waals surface area (Å²) in [6.45, 7) is 7.59. The van der Waals surface area contributed by atoms with Crippen LogP contribution in [-0.2, 0) is 21.2 Å². The highest BCUT2D eigenvalue weighted by Gasteiger charge is 2.15. The SMILES string of the molecule is CC/S(Cc1ccccc1)=N\C(=O)OC(C)(C)C. The van der Waals surface area contributed by atoms with Gasteiger partial charge >= 0.3 is 6.09 Å². The Labute approximate surface area is 112 Å². The first kappa shape index (κ1) is 14.9. The van der Waals surface area contributed by atoms with Gasteiger partial charge in [0.2, 0.25) is 0 Å². The van der Waals surface area contributed by atoms with E-state index in [4.69, 9.17) is 4.74 Å². The van der Waals surface area contributed by atoms with Gasteiger partial charge in [-0.15, -0.1) is 0 Å². The van der Waals surface area contributed by atoms with Crippen LogP contribution >= 0.6 is 0 Å². The van der Waals surface area contributed by atoms with Gasteiger partial charge in [-0.1, -0.05) is 47.9 Å². The Kier molecular flexibility index (Phi) is 5.54. The van der Waals surface area contributed by atoms with Crippen LogP contribution in [0.15, 0.2) is 34.7 Å². The van der Waals surface area contributed by atoms with Crippen LogP contribution in [0.25, 0.3) is 0 Å². The maximum Gasteiger partial charge on any atom is 0.440 e. The molecule has 0 heterocycles. The van der Waals surface area contributed by atoms with Crippen molar-refractivity contribution >= 4 is 16.8 Å². The summed E-state index contributed by atoms with van der Waals surface area (Å²) in [5, 5.41) is 0. The quantitative estimate of drug-likeness (QED) is 0.832. The van der Waals surface area contributed by atoms with Gasteiger partial charge in [0.05, 0.1) is 0 Å². The van der Waals surface area contributed by atoms with Crippen molar-refractivity contribution in [1.29, 1.82) is 0 Å². The predicted molar refractivity (Wildman–Crippen MR) is 76.7 cm³/mol. The summed E-state index contributed by atoms with van der Waals surface area (Å²) in [5.41, 5.74) is 0.728. The molecule has 0 aliphatic heterocycles. The summed E-state index contributed by atoms with van der Waals surface area (Å²) in [6, 6.07) is 10.1. The van der Waals surface area contributed by atoms with E-state index in [0.717, 1.165) is 11.5 Å². The molecule has 100 valence electrons. The van der Waals surface area contributed by atoms with E-state index < -0.39 is 11.7 Å². The number of hydrogen-bond donors (Lipinski definition) is 0. The highest BCUT2D eigenvalue weighted by Crippen LogP contribution is 2.10. The van der Waals surface area contributed by atoms with Crippen LogP contribution in [-0.4, -0.2) is 17.4 Å². The summed E-state index contributed by atoms with van der Waals surface area (Å²) < 4.78 is 9.35. The minimum absolute atomic E-state index is 0.297. The van der Waals surface area contributed by atoms with Gasteiger partial charge in [-0.3, -0.25) is 0 Å². The molecule has 0 spiro atoms. The monoisotopic (exact) mass is 267 g/mol. The van der Waals surface area contributed by atoms with Crippen LogP contribution in [0.5, 0.6) is 0 Å². The zero-order valence-corrected chi connectivity index (χ0v) is 12.3.